The number of hydrogen-bond acceptors (Lipinski definition) is 6. The Kier molecular flexibility index (Phi) is 4.41. The highest BCUT2D eigenvalue weighted by atomic mass is 16.5. The molecule has 1 atom stereocenters. The average molecular weight is 393 g/mol. The van der Waals surface area contributed by atoms with Gasteiger partial charge in [0, 0.05) is 37.1 Å². The molecule has 0 amide bonds. The van der Waals surface area contributed by atoms with Crippen LogP contribution in [0.5, 0.6) is 17.2 Å². The number of hydrogen-bond donors (Lipinski definition) is 1. The second kappa shape index (κ2) is 6.97. The van der Waals surface area contributed by atoms with E-state index in [-0.39, 0.29) is 6.04 Å². The van der Waals surface area contributed by atoms with Crippen molar-refractivity contribution in [3.63, 3.8) is 0 Å². The maximum absolute atomic E-state index is 6.73. The largest absolute Gasteiger partial charge is 0.497 e. The maximum atomic E-state index is 6.73. The molecule has 3 heterocycles. The predicted octanol–water partition coefficient (Wildman–Crippen LogP) is 3.42. The van der Waals surface area contributed by atoms with Gasteiger partial charge in [-0.25, -0.2) is 0 Å². The van der Waals surface area contributed by atoms with Crippen molar-refractivity contribution in [1.29, 1.82) is 0 Å². The number of benzene rings is 2. The smallest absolute Gasteiger partial charge is 0.183 e. The van der Waals surface area contributed by atoms with Crippen molar-refractivity contribution >= 4 is 5.70 Å². The maximum Gasteiger partial charge on any atom is 0.183 e. The molecule has 6 nitrogen and oxygen atoms in total. The highest BCUT2D eigenvalue weighted by Crippen LogP contribution is 2.51. The highest BCUT2D eigenvalue weighted by molar-refractivity contribution is 5.69. The molecule has 6 heteroatoms. The van der Waals surface area contributed by atoms with E-state index in [0.29, 0.717) is 0 Å². The van der Waals surface area contributed by atoms with Gasteiger partial charge in [0.2, 0.25) is 0 Å². The number of para-hydroxylation sites is 1. The SMILES string of the molecule is COc1cccc(C2=C[C@H]3c4cccc(OC)c4OC4(CCN(C)CC4)N3N2)c1. The summed E-state index contributed by atoms with van der Waals surface area (Å²) >= 11 is 0. The van der Waals surface area contributed by atoms with E-state index in [0.717, 1.165) is 60.0 Å². The van der Waals surface area contributed by atoms with Gasteiger partial charge >= 0.3 is 0 Å². The quantitative estimate of drug-likeness (QED) is 0.862. The summed E-state index contributed by atoms with van der Waals surface area (Å²) in [5.41, 5.74) is 6.56. The lowest BCUT2D eigenvalue weighted by Gasteiger charge is -2.51. The molecule has 1 N–H and O–H groups in total. The van der Waals surface area contributed by atoms with Crippen molar-refractivity contribution in [1.82, 2.24) is 15.3 Å². The number of rotatable bonds is 3. The van der Waals surface area contributed by atoms with Gasteiger partial charge in [-0.1, -0.05) is 24.3 Å². The lowest BCUT2D eigenvalue weighted by molar-refractivity contribution is -0.158. The molecule has 0 unspecified atom stereocenters. The van der Waals surface area contributed by atoms with Gasteiger partial charge < -0.3 is 24.5 Å². The van der Waals surface area contributed by atoms with Crippen molar-refractivity contribution in [2.75, 3.05) is 34.4 Å². The van der Waals surface area contributed by atoms with Crippen LogP contribution in [-0.4, -0.2) is 50.0 Å². The number of methoxy groups -OCH3 is 2. The van der Waals surface area contributed by atoms with Crippen LogP contribution in [0.4, 0.5) is 0 Å². The summed E-state index contributed by atoms with van der Waals surface area (Å²) in [6.07, 6.45) is 4.13. The zero-order valence-corrected chi connectivity index (χ0v) is 17.1. The zero-order valence-electron chi connectivity index (χ0n) is 17.1. The molecular formula is C23H27N3O3. The van der Waals surface area contributed by atoms with Crippen molar-refractivity contribution in [2.24, 2.45) is 0 Å². The van der Waals surface area contributed by atoms with Crippen LogP contribution < -0.4 is 19.6 Å². The molecule has 1 fully saturated rings. The van der Waals surface area contributed by atoms with Crippen molar-refractivity contribution in [3.05, 3.63) is 59.7 Å². The van der Waals surface area contributed by atoms with E-state index < -0.39 is 5.72 Å². The molecular weight excluding hydrogens is 366 g/mol. The number of hydrazine groups is 1. The van der Waals surface area contributed by atoms with Crippen molar-refractivity contribution in [2.45, 2.75) is 24.6 Å². The van der Waals surface area contributed by atoms with Gasteiger partial charge in [-0.3, -0.25) is 0 Å². The molecule has 0 aromatic heterocycles. The van der Waals surface area contributed by atoms with Crippen LogP contribution >= 0.6 is 0 Å². The first-order valence-corrected chi connectivity index (χ1v) is 10.1. The third-order valence-corrected chi connectivity index (χ3v) is 6.27. The summed E-state index contributed by atoms with van der Waals surface area (Å²) in [5.74, 6) is 2.51. The highest BCUT2D eigenvalue weighted by Gasteiger charge is 2.52. The standard InChI is InChI=1S/C23H27N3O3/c1-25-12-10-23(11-13-25)26-20(18-8-5-9-21(28-3)22(18)29-23)15-19(24-26)16-6-4-7-17(14-16)27-2/h4-9,14-15,20,24H,10-13H2,1-3H3/t20-/m0/s1. The summed E-state index contributed by atoms with van der Waals surface area (Å²) < 4.78 is 17.8. The lowest BCUT2D eigenvalue weighted by atomic mass is 9.92. The van der Waals surface area contributed by atoms with Crippen LogP contribution in [0.1, 0.15) is 30.0 Å². The lowest BCUT2D eigenvalue weighted by Crippen LogP contribution is -2.63. The zero-order chi connectivity index (χ0) is 20.0. The van der Waals surface area contributed by atoms with E-state index in [2.05, 4.69) is 46.7 Å². The first kappa shape index (κ1) is 18.3. The minimum absolute atomic E-state index is 0.0819. The van der Waals surface area contributed by atoms with Crippen LogP contribution in [-0.2, 0) is 0 Å². The van der Waals surface area contributed by atoms with Gasteiger partial charge in [0.1, 0.15) is 5.75 Å². The molecule has 1 saturated heterocycles. The average Bonchev–Trinajstić information content (AvgIpc) is 3.22. The molecule has 0 bridgehead atoms. The molecule has 2 aromatic carbocycles. The predicted molar refractivity (Wildman–Crippen MR) is 112 cm³/mol. The molecule has 0 aliphatic carbocycles. The topological polar surface area (TPSA) is 46.2 Å². The fraction of sp³-hybridized carbons (Fsp3) is 0.391. The fourth-order valence-corrected chi connectivity index (χ4v) is 4.59. The first-order chi connectivity index (χ1) is 14.1. The number of piperidine rings is 1. The van der Waals surface area contributed by atoms with Gasteiger partial charge in [-0.2, -0.15) is 5.01 Å². The van der Waals surface area contributed by atoms with Crippen LogP contribution in [0.25, 0.3) is 5.70 Å². The molecule has 1 spiro atoms. The molecule has 3 aliphatic heterocycles. The fourth-order valence-electron chi connectivity index (χ4n) is 4.59. The van der Waals surface area contributed by atoms with Crippen LogP contribution in [0.2, 0.25) is 0 Å². The first-order valence-electron chi connectivity index (χ1n) is 10.1. The minimum atomic E-state index is -0.407. The Morgan fingerprint density at radius 2 is 1.86 bits per heavy atom. The Bertz CT molecular complexity index is 950. The molecule has 0 saturated carbocycles. The van der Waals surface area contributed by atoms with Crippen LogP contribution in [0.3, 0.4) is 0 Å². The summed E-state index contributed by atoms with van der Waals surface area (Å²) in [5, 5.41) is 2.30. The number of nitrogens with one attached hydrogen (secondary N) is 1. The summed E-state index contributed by atoms with van der Waals surface area (Å²) in [7, 11) is 5.57. The minimum Gasteiger partial charge on any atom is -0.497 e. The molecule has 0 radical (unpaired) electrons. The number of ether oxygens (including phenoxy) is 3. The van der Waals surface area contributed by atoms with Gasteiger partial charge in [0.05, 0.1) is 26.0 Å². The van der Waals surface area contributed by atoms with E-state index in [4.69, 9.17) is 14.2 Å². The Hall–Kier alpha value is -2.70. The van der Waals surface area contributed by atoms with Gasteiger partial charge in [0.15, 0.2) is 17.2 Å². The molecule has 3 aliphatic rings. The van der Waals surface area contributed by atoms with E-state index in [1.54, 1.807) is 14.2 Å². The van der Waals surface area contributed by atoms with Crippen LogP contribution in [0.15, 0.2) is 48.5 Å². The Morgan fingerprint density at radius 1 is 1.07 bits per heavy atom. The molecule has 152 valence electrons. The number of fused-ring (bicyclic) bond motifs is 4. The van der Waals surface area contributed by atoms with Crippen molar-refractivity contribution < 1.29 is 14.2 Å². The summed E-state index contributed by atoms with van der Waals surface area (Å²) in [4.78, 5) is 2.35. The second-order valence-electron chi connectivity index (χ2n) is 7.97. The number of nitrogens with zero attached hydrogens (tertiary/aromatic N) is 2. The van der Waals surface area contributed by atoms with E-state index >= 15 is 0 Å². The van der Waals surface area contributed by atoms with Gasteiger partial charge in [-0.05, 0) is 31.3 Å². The van der Waals surface area contributed by atoms with Crippen LogP contribution in [0, 0.1) is 0 Å². The van der Waals surface area contributed by atoms with Gasteiger partial charge in [-0.15, -0.1) is 0 Å². The Labute approximate surface area is 171 Å². The van der Waals surface area contributed by atoms with E-state index in [9.17, 15) is 0 Å². The second-order valence-corrected chi connectivity index (χ2v) is 7.97. The Balaban J connectivity index is 1.59. The molecule has 29 heavy (non-hydrogen) atoms. The third kappa shape index (κ3) is 2.94. The van der Waals surface area contributed by atoms with E-state index in [1.165, 1.54) is 0 Å². The summed E-state index contributed by atoms with van der Waals surface area (Å²) in [6, 6.07) is 14.4. The molecule has 5 rings (SSSR count). The third-order valence-electron chi connectivity index (χ3n) is 6.27. The number of likely N-dealkylation sites (tertiary alicyclic amines) is 1. The van der Waals surface area contributed by atoms with Crippen molar-refractivity contribution in [3.8, 4) is 17.2 Å². The monoisotopic (exact) mass is 393 g/mol. The van der Waals surface area contributed by atoms with E-state index in [1.807, 2.05) is 24.3 Å². The summed E-state index contributed by atoms with van der Waals surface area (Å²) in [6.45, 7) is 1.98. The normalized spacial score (nSPS) is 22.9. The molecule has 2 aromatic rings. The van der Waals surface area contributed by atoms with Gasteiger partial charge in [0.25, 0.3) is 0 Å². The Morgan fingerprint density at radius 3 is 2.62 bits per heavy atom.